The van der Waals surface area contributed by atoms with E-state index in [1.807, 2.05) is 6.92 Å². The Labute approximate surface area is 166 Å². The molecule has 28 heavy (non-hydrogen) atoms. The zero-order valence-corrected chi connectivity index (χ0v) is 16.5. The highest BCUT2D eigenvalue weighted by Gasteiger charge is 2.28. The molecule has 0 spiro atoms. The van der Waals surface area contributed by atoms with Crippen molar-refractivity contribution in [3.8, 4) is 0 Å². The minimum Gasteiger partial charge on any atom is -0.497 e. The third-order valence-corrected chi connectivity index (χ3v) is 4.65. The predicted octanol–water partition coefficient (Wildman–Crippen LogP) is 1.38. The van der Waals surface area contributed by atoms with Crippen LogP contribution in [0, 0.1) is 5.92 Å². The van der Waals surface area contributed by atoms with Crippen LogP contribution in [0.2, 0.25) is 0 Å². The van der Waals surface area contributed by atoms with Crippen molar-refractivity contribution < 1.29 is 34.7 Å². The molecule has 4 N–H and O–H groups in total. The molecule has 0 aliphatic carbocycles. The summed E-state index contributed by atoms with van der Waals surface area (Å²) in [7, 11) is 1.45. The number of aliphatic hydroxyl groups is 4. The Kier molecular flexibility index (Phi) is 11.0. The van der Waals surface area contributed by atoms with Gasteiger partial charge in [-0.25, -0.2) is 0 Å². The molecule has 7 nitrogen and oxygen atoms in total. The van der Waals surface area contributed by atoms with Gasteiger partial charge in [-0.1, -0.05) is 31.7 Å². The van der Waals surface area contributed by atoms with Crippen molar-refractivity contribution in [1.29, 1.82) is 0 Å². The summed E-state index contributed by atoms with van der Waals surface area (Å²) in [4.78, 5) is 11.9. The first kappa shape index (κ1) is 24.3. The van der Waals surface area contributed by atoms with E-state index < -0.39 is 36.3 Å². The maximum Gasteiger partial charge on any atom is 0.186 e. The normalized spacial score (nSPS) is 34.1. The monoisotopic (exact) mass is 396 g/mol. The first-order valence-electron chi connectivity index (χ1n) is 9.45. The van der Waals surface area contributed by atoms with E-state index in [9.17, 15) is 25.2 Å². The van der Waals surface area contributed by atoms with Gasteiger partial charge in [0.2, 0.25) is 0 Å². The van der Waals surface area contributed by atoms with Crippen molar-refractivity contribution in [2.75, 3.05) is 7.11 Å². The second-order valence-electron chi connectivity index (χ2n) is 6.68. The Morgan fingerprint density at radius 2 is 1.96 bits per heavy atom. The molecule has 0 saturated heterocycles. The fourth-order valence-electron chi connectivity index (χ4n) is 2.79. The van der Waals surface area contributed by atoms with Gasteiger partial charge in [0.05, 0.1) is 25.4 Å². The Morgan fingerprint density at radius 1 is 1.29 bits per heavy atom. The maximum atomic E-state index is 11.9. The molecule has 6 unspecified atom stereocenters. The van der Waals surface area contributed by atoms with Crippen LogP contribution in [0.4, 0.5) is 0 Å². The fourth-order valence-corrected chi connectivity index (χ4v) is 2.79. The Bertz CT molecular complexity index is 581. The molecule has 1 aliphatic rings. The summed E-state index contributed by atoms with van der Waals surface area (Å²) in [6.07, 6.45) is 4.69. The van der Waals surface area contributed by atoms with Crippen LogP contribution < -0.4 is 0 Å². The van der Waals surface area contributed by atoms with Crippen LogP contribution in [0.3, 0.4) is 0 Å². The number of rotatable bonds is 5. The molecule has 0 fully saturated rings. The number of hydrogen-bond donors (Lipinski definition) is 4. The van der Waals surface area contributed by atoms with Crippen LogP contribution in [-0.2, 0) is 14.3 Å². The number of aliphatic hydroxyl groups excluding tert-OH is 4. The van der Waals surface area contributed by atoms with Crippen molar-refractivity contribution in [3.05, 3.63) is 48.8 Å². The molecule has 0 amide bonds. The van der Waals surface area contributed by atoms with Gasteiger partial charge in [-0.15, -0.1) is 0 Å². The number of allylic oxidation sites excluding steroid dienone is 2. The van der Waals surface area contributed by atoms with Gasteiger partial charge in [-0.2, -0.15) is 0 Å². The summed E-state index contributed by atoms with van der Waals surface area (Å²) in [5.74, 6) is -0.899. The molecule has 1 aliphatic heterocycles. The quantitative estimate of drug-likeness (QED) is 0.315. The second kappa shape index (κ2) is 12.6. The lowest BCUT2D eigenvalue weighted by atomic mass is 9.95. The van der Waals surface area contributed by atoms with E-state index in [-0.39, 0.29) is 18.9 Å². The molecule has 0 radical (unpaired) electrons. The first-order valence-corrected chi connectivity index (χ1v) is 9.45. The molecule has 0 bridgehead atoms. The highest BCUT2D eigenvalue weighted by Crippen LogP contribution is 2.22. The minimum absolute atomic E-state index is 0.0594. The average molecular weight is 396 g/mol. The molecule has 158 valence electrons. The van der Waals surface area contributed by atoms with Crippen LogP contribution in [0.5, 0.6) is 0 Å². The zero-order valence-electron chi connectivity index (χ0n) is 16.5. The molecule has 0 aromatic rings. The standard InChI is InChI=1S/C21H32O7/c1-4-14-9-8-12-18(23)20(25)17(22)11-7-6-10-16(21(26)28-14)19(24)13-15(5-2)27-3/h5-8,12-14,16-17,19-22,24-26H,2,4,9-11H2,1,3H3/b7-6+,12-8-,15-13+. The SMILES string of the molecule is C=C/C(=C\C(O)C1C/C=C/CC(O)C(O)C(=O)/C=C\CC(CC)OC1O)OC. The molecular weight excluding hydrogens is 364 g/mol. The second-order valence-corrected chi connectivity index (χ2v) is 6.68. The summed E-state index contributed by atoms with van der Waals surface area (Å²) in [6.45, 7) is 5.48. The van der Waals surface area contributed by atoms with Gasteiger partial charge in [-0.05, 0) is 43.9 Å². The van der Waals surface area contributed by atoms with Gasteiger partial charge < -0.3 is 29.9 Å². The first-order chi connectivity index (χ1) is 13.3. The Morgan fingerprint density at radius 3 is 2.57 bits per heavy atom. The summed E-state index contributed by atoms with van der Waals surface area (Å²) in [5, 5.41) is 40.9. The number of carbonyl (C=O) groups excluding carboxylic acids is 1. The number of ketones is 1. The molecule has 0 aromatic carbocycles. The third kappa shape index (κ3) is 7.69. The largest absolute Gasteiger partial charge is 0.497 e. The number of ether oxygens (including phenoxy) is 2. The summed E-state index contributed by atoms with van der Waals surface area (Å²) < 4.78 is 10.8. The van der Waals surface area contributed by atoms with Gasteiger partial charge in [-0.3, -0.25) is 4.79 Å². The Hall–Kier alpha value is -1.77. The highest BCUT2D eigenvalue weighted by atomic mass is 16.6. The van der Waals surface area contributed by atoms with E-state index in [4.69, 9.17) is 9.47 Å². The molecule has 1 rings (SSSR count). The zero-order chi connectivity index (χ0) is 21.1. The lowest BCUT2D eigenvalue weighted by Gasteiger charge is -2.28. The number of carbonyl (C=O) groups is 1. The fraction of sp³-hybridized carbons (Fsp3) is 0.571. The average Bonchev–Trinajstić information content (AvgIpc) is 2.69. The lowest BCUT2D eigenvalue weighted by Crippen LogP contribution is -2.36. The van der Waals surface area contributed by atoms with Crippen LogP contribution >= 0.6 is 0 Å². The van der Waals surface area contributed by atoms with Gasteiger partial charge >= 0.3 is 0 Å². The summed E-state index contributed by atoms with van der Waals surface area (Å²) in [5.41, 5.74) is 0. The summed E-state index contributed by atoms with van der Waals surface area (Å²) >= 11 is 0. The van der Waals surface area contributed by atoms with Crippen molar-refractivity contribution in [3.63, 3.8) is 0 Å². The van der Waals surface area contributed by atoms with Gasteiger partial charge in [0, 0.05) is 5.92 Å². The molecular formula is C21H32O7. The van der Waals surface area contributed by atoms with E-state index in [1.54, 1.807) is 18.2 Å². The van der Waals surface area contributed by atoms with Crippen LogP contribution in [0.15, 0.2) is 48.8 Å². The molecule has 6 atom stereocenters. The highest BCUT2D eigenvalue weighted by molar-refractivity contribution is 5.93. The predicted molar refractivity (Wildman–Crippen MR) is 105 cm³/mol. The van der Waals surface area contributed by atoms with Crippen molar-refractivity contribution in [1.82, 2.24) is 0 Å². The third-order valence-electron chi connectivity index (χ3n) is 4.65. The van der Waals surface area contributed by atoms with Gasteiger partial charge in [0.1, 0.15) is 11.9 Å². The Balaban J connectivity index is 3.08. The number of hydrogen-bond acceptors (Lipinski definition) is 7. The molecule has 0 saturated carbocycles. The van der Waals surface area contributed by atoms with E-state index in [0.717, 1.165) is 0 Å². The number of methoxy groups -OCH3 is 1. The molecule has 1 heterocycles. The minimum atomic E-state index is -1.50. The van der Waals surface area contributed by atoms with Crippen molar-refractivity contribution >= 4 is 5.78 Å². The smallest absolute Gasteiger partial charge is 0.186 e. The van der Waals surface area contributed by atoms with Crippen LogP contribution in [0.1, 0.15) is 32.6 Å². The summed E-state index contributed by atoms with van der Waals surface area (Å²) in [6, 6.07) is 0. The van der Waals surface area contributed by atoms with Crippen molar-refractivity contribution in [2.24, 2.45) is 5.92 Å². The molecule has 0 aromatic heterocycles. The van der Waals surface area contributed by atoms with Crippen LogP contribution in [0.25, 0.3) is 0 Å². The lowest BCUT2D eigenvalue weighted by molar-refractivity contribution is -0.179. The molecule has 7 heteroatoms. The van der Waals surface area contributed by atoms with Gasteiger partial charge in [0.15, 0.2) is 12.1 Å². The van der Waals surface area contributed by atoms with E-state index in [0.29, 0.717) is 18.6 Å². The topological polar surface area (TPSA) is 116 Å². The van der Waals surface area contributed by atoms with Crippen molar-refractivity contribution in [2.45, 2.75) is 63.3 Å². The van der Waals surface area contributed by atoms with E-state index in [2.05, 4.69) is 6.58 Å². The maximum absolute atomic E-state index is 11.9. The van der Waals surface area contributed by atoms with E-state index in [1.165, 1.54) is 25.3 Å². The van der Waals surface area contributed by atoms with E-state index >= 15 is 0 Å². The van der Waals surface area contributed by atoms with Crippen LogP contribution in [-0.4, -0.2) is 64.0 Å². The van der Waals surface area contributed by atoms with Gasteiger partial charge in [0.25, 0.3) is 0 Å².